The summed E-state index contributed by atoms with van der Waals surface area (Å²) in [5.41, 5.74) is 4.83. The summed E-state index contributed by atoms with van der Waals surface area (Å²) in [6.07, 6.45) is 0. The number of aromatic nitrogens is 6. The number of thioether (sulfide) groups is 1. The van der Waals surface area contributed by atoms with Gasteiger partial charge in [0, 0.05) is 16.1 Å². The van der Waals surface area contributed by atoms with E-state index in [1.54, 1.807) is 0 Å². The van der Waals surface area contributed by atoms with Crippen molar-refractivity contribution in [2.75, 3.05) is 5.75 Å². The molecule has 0 aliphatic heterocycles. The Morgan fingerprint density at radius 2 is 1.69 bits per heavy atom. The van der Waals surface area contributed by atoms with Crippen molar-refractivity contribution in [2.24, 2.45) is 0 Å². The lowest BCUT2D eigenvalue weighted by Gasteiger charge is -2.11. The van der Waals surface area contributed by atoms with E-state index in [1.165, 1.54) is 0 Å². The summed E-state index contributed by atoms with van der Waals surface area (Å²) >= 11 is 7.47. The zero-order valence-corrected chi connectivity index (χ0v) is 19.7. The molecule has 6 aromatic rings. The molecule has 0 fully saturated rings. The number of carboxylic acid groups (broad SMARTS) is 1. The van der Waals surface area contributed by atoms with Crippen LogP contribution in [-0.2, 0) is 11.3 Å². The Morgan fingerprint density at radius 1 is 0.943 bits per heavy atom. The van der Waals surface area contributed by atoms with E-state index in [0.717, 1.165) is 44.9 Å². The van der Waals surface area contributed by atoms with Gasteiger partial charge in [0.25, 0.3) is 0 Å². The highest BCUT2D eigenvalue weighted by molar-refractivity contribution is 7.99. The molecule has 0 saturated heterocycles. The number of carbonyl (C=O) groups is 1. The summed E-state index contributed by atoms with van der Waals surface area (Å²) < 4.78 is 3.94. The number of aliphatic carboxylic acids is 1. The molecule has 0 bridgehead atoms. The molecule has 0 atom stereocenters. The second-order valence-corrected chi connectivity index (χ2v) is 9.26. The predicted molar refractivity (Wildman–Crippen MR) is 136 cm³/mol. The maximum Gasteiger partial charge on any atom is 0.313 e. The van der Waals surface area contributed by atoms with E-state index in [2.05, 4.69) is 14.8 Å². The van der Waals surface area contributed by atoms with Crippen LogP contribution >= 0.6 is 23.4 Å². The summed E-state index contributed by atoms with van der Waals surface area (Å²) in [7, 11) is 0. The highest BCUT2D eigenvalue weighted by Gasteiger charge is 2.20. The smallest absolute Gasteiger partial charge is 0.313 e. The third-order valence-electron chi connectivity index (χ3n) is 5.65. The minimum absolute atomic E-state index is 0.115. The zero-order chi connectivity index (χ0) is 23.9. The molecule has 10 heteroatoms. The second-order valence-electron chi connectivity index (χ2n) is 7.88. The van der Waals surface area contributed by atoms with E-state index in [0.29, 0.717) is 28.2 Å². The van der Waals surface area contributed by atoms with E-state index >= 15 is 0 Å². The van der Waals surface area contributed by atoms with E-state index in [9.17, 15) is 9.90 Å². The molecule has 0 unspecified atom stereocenters. The van der Waals surface area contributed by atoms with Crippen molar-refractivity contribution in [2.45, 2.75) is 11.7 Å². The third-order valence-corrected chi connectivity index (χ3v) is 6.80. The maximum absolute atomic E-state index is 11.2. The quantitative estimate of drug-likeness (QED) is 0.314. The number of halogens is 1. The van der Waals surface area contributed by atoms with Crippen LogP contribution < -0.4 is 0 Å². The molecule has 1 N–H and O–H groups in total. The van der Waals surface area contributed by atoms with E-state index in [1.807, 2.05) is 77.4 Å². The van der Waals surface area contributed by atoms with Gasteiger partial charge in [0.2, 0.25) is 0 Å². The molecule has 8 nitrogen and oxygen atoms in total. The summed E-state index contributed by atoms with van der Waals surface area (Å²) in [4.78, 5) is 21.0. The lowest BCUT2D eigenvalue weighted by Crippen LogP contribution is -2.09. The van der Waals surface area contributed by atoms with Crippen molar-refractivity contribution in [1.82, 2.24) is 29.3 Å². The second kappa shape index (κ2) is 8.68. The minimum atomic E-state index is -0.916. The van der Waals surface area contributed by atoms with Crippen LogP contribution in [0.15, 0.2) is 78.0 Å². The molecular weight excluding hydrogens is 484 g/mol. The maximum atomic E-state index is 11.2. The van der Waals surface area contributed by atoms with Gasteiger partial charge in [-0.15, -0.1) is 10.2 Å². The Hall–Kier alpha value is -3.95. The topological polar surface area (TPSA) is 98.7 Å². The van der Waals surface area contributed by atoms with Gasteiger partial charge in [-0.25, -0.2) is 9.97 Å². The predicted octanol–water partition coefficient (Wildman–Crippen LogP) is 5.20. The molecule has 0 radical (unpaired) electrons. The molecule has 3 aromatic carbocycles. The molecule has 3 heterocycles. The molecule has 0 spiro atoms. The van der Waals surface area contributed by atoms with Gasteiger partial charge in [-0.1, -0.05) is 53.7 Å². The fourth-order valence-electron chi connectivity index (χ4n) is 4.17. The Kier molecular flexibility index (Phi) is 5.35. The number of para-hydroxylation sites is 3. The molecule has 0 aliphatic carbocycles. The summed E-state index contributed by atoms with van der Waals surface area (Å²) in [5, 5.41) is 20.0. The van der Waals surface area contributed by atoms with Gasteiger partial charge in [0.1, 0.15) is 5.52 Å². The van der Waals surface area contributed by atoms with E-state index < -0.39 is 5.97 Å². The van der Waals surface area contributed by atoms with Gasteiger partial charge in [-0.3, -0.25) is 9.36 Å². The first kappa shape index (κ1) is 21.6. The van der Waals surface area contributed by atoms with Crippen LogP contribution in [0.2, 0.25) is 5.02 Å². The molecule has 0 amide bonds. The van der Waals surface area contributed by atoms with Gasteiger partial charge in [-0.2, -0.15) is 0 Å². The highest BCUT2D eigenvalue weighted by atomic mass is 35.5. The number of hydrogen-bond acceptors (Lipinski definition) is 6. The SMILES string of the molecule is O=C(O)CSc1nnc(Cn2c3ccc(Cl)cc3c3nc4ccccc4nc32)n1-c1ccccc1. The fourth-order valence-corrected chi connectivity index (χ4v) is 5.03. The normalized spacial score (nSPS) is 11.6. The van der Waals surface area contributed by atoms with Crippen LogP contribution in [0.3, 0.4) is 0 Å². The number of rotatable bonds is 6. The van der Waals surface area contributed by atoms with Crippen molar-refractivity contribution < 1.29 is 9.90 Å². The Labute approximate surface area is 208 Å². The highest BCUT2D eigenvalue weighted by Crippen LogP contribution is 2.32. The fraction of sp³-hybridized carbons (Fsp3) is 0.0800. The van der Waals surface area contributed by atoms with Gasteiger partial charge in [0.05, 0.1) is 28.8 Å². The first-order chi connectivity index (χ1) is 17.1. The number of hydrogen-bond donors (Lipinski definition) is 1. The standard InChI is InChI=1S/C25H17ClN6O2S/c26-15-10-11-20-17(12-15)23-24(28-19-9-5-4-8-18(19)27-23)31(20)13-21-29-30-25(35-14-22(33)34)32(21)16-6-2-1-3-7-16/h1-12H,13-14H2,(H,33,34). The monoisotopic (exact) mass is 500 g/mol. The van der Waals surface area contributed by atoms with Crippen LogP contribution in [0.1, 0.15) is 5.82 Å². The average Bonchev–Trinajstić information content (AvgIpc) is 3.40. The van der Waals surface area contributed by atoms with Crippen molar-refractivity contribution >= 4 is 62.4 Å². The van der Waals surface area contributed by atoms with Crippen LogP contribution in [0.5, 0.6) is 0 Å². The summed E-state index contributed by atoms with van der Waals surface area (Å²) in [6, 6.07) is 23.1. The Balaban J connectivity index is 1.56. The lowest BCUT2D eigenvalue weighted by molar-refractivity contribution is -0.133. The van der Waals surface area contributed by atoms with Crippen molar-refractivity contribution in [1.29, 1.82) is 0 Å². The Morgan fingerprint density at radius 3 is 2.46 bits per heavy atom. The van der Waals surface area contributed by atoms with Gasteiger partial charge in [-0.05, 0) is 42.5 Å². The van der Waals surface area contributed by atoms with Crippen molar-refractivity contribution in [3.05, 3.63) is 83.6 Å². The largest absolute Gasteiger partial charge is 0.481 e. The minimum Gasteiger partial charge on any atom is -0.481 e. The zero-order valence-electron chi connectivity index (χ0n) is 18.2. The Bertz CT molecular complexity index is 1730. The third kappa shape index (κ3) is 3.88. The van der Waals surface area contributed by atoms with Crippen LogP contribution in [0.4, 0.5) is 0 Å². The first-order valence-corrected chi connectivity index (χ1v) is 12.1. The van der Waals surface area contributed by atoms with Crippen LogP contribution in [0.25, 0.3) is 38.8 Å². The number of benzene rings is 3. The van der Waals surface area contributed by atoms with Crippen LogP contribution in [-0.4, -0.2) is 46.1 Å². The van der Waals surface area contributed by atoms with E-state index in [-0.39, 0.29) is 5.75 Å². The van der Waals surface area contributed by atoms with Gasteiger partial charge >= 0.3 is 5.97 Å². The number of carboxylic acids is 1. The average molecular weight is 501 g/mol. The van der Waals surface area contributed by atoms with Gasteiger partial charge in [0.15, 0.2) is 16.6 Å². The van der Waals surface area contributed by atoms with Crippen molar-refractivity contribution in [3.8, 4) is 5.69 Å². The number of nitrogens with zero attached hydrogens (tertiary/aromatic N) is 6. The lowest BCUT2D eigenvalue weighted by atomic mass is 10.2. The summed E-state index contributed by atoms with van der Waals surface area (Å²) in [5.74, 6) is -0.385. The molecule has 172 valence electrons. The molecule has 35 heavy (non-hydrogen) atoms. The van der Waals surface area contributed by atoms with Crippen LogP contribution in [0, 0.1) is 0 Å². The molecule has 0 saturated carbocycles. The molecule has 3 aromatic heterocycles. The molecule has 6 rings (SSSR count). The molecule has 0 aliphatic rings. The number of fused-ring (bicyclic) bond motifs is 4. The van der Waals surface area contributed by atoms with Crippen molar-refractivity contribution in [3.63, 3.8) is 0 Å². The summed E-state index contributed by atoms with van der Waals surface area (Å²) in [6.45, 7) is 0.351. The molecular formula is C25H17ClN6O2S. The first-order valence-electron chi connectivity index (χ1n) is 10.8. The van der Waals surface area contributed by atoms with E-state index in [4.69, 9.17) is 21.6 Å². The van der Waals surface area contributed by atoms with Gasteiger partial charge < -0.3 is 9.67 Å².